The molecule has 3 N–H and O–H groups in total. The number of hydrogen-bond donors (Lipinski definition) is 2. The third kappa shape index (κ3) is 16.1. The minimum Gasteiger partial charge on any atom is -0.632 e. The zero-order valence-electron chi connectivity index (χ0n) is 14.3. The van der Waals surface area contributed by atoms with Gasteiger partial charge in [0, 0.05) is 62.5 Å². The quantitative estimate of drug-likeness (QED) is 0.355. The summed E-state index contributed by atoms with van der Waals surface area (Å²) in [6.07, 6.45) is 1.25. The van der Waals surface area contributed by atoms with Crippen molar-refractivity contribution in [3.05, 3.63) is 50.2 Å². The monoisotopic (exact) mass is 496 g/mol. The van der Waals surface area contributed by atoms with E-state index in [-0.39, 0.29) is 50.2 Å². The number of nitro benzene ring substituents is 1. The summed E-state index contributed by atoms with van der Waals surface area (Å²) in [6.45, 7) is 1.35. The first-order chi connectivity index (χ1) is 12.6. The number of hydrogen-bond acceptors (Lipinski definition) is 9. The van der Waals surface area contributed by atoms with Crippen LogP contribution in [0.25, 0.3) is 5.73 Å². The van der Waals surface area contributed by atoms with Crippen molar-refractivity contribution in [3.63, 3.8) is 0 Å². The first-order valence-corrected chi connectivity index (χ1v) is 7.56. The van der Waals surface area contributed by atoms with Crippen LogP contribution in [0.3, 0.4) is 0 Å². The molecule has 1 heterocycles. The molecule has 1 saturated heterocycles. The SMILES string of the molecule is O=C(Cl)Oc1ccc([N+](=O)[O-])cc1.O=[N+]([O-])O.[NH-]C(=O)OCC1CCCN1.[Y]. The van der Waals surface area contributed by atoms with Gasteiger partial charge in [0.25, 0.3) is 10.8 Å². The zero-order chi connectivity index (χ0) is 20.8. The Bertz CT molecular complexity index is 637. The van der Waals surface area contributed by atoms with E-state index >= 15 is 0 Å². The maximum Gasteiger partial charge on any atom is 0.409 e. The number of nitrogens with zero attached hydrogens (tertiary/aromatic N) is 2. The van der Waals surface area contributed by atoms with E-state index in [0.29, 0.717) is 6.61 Å². The Morgan fingerprint density at radius 2 is 1.82 bits per heavy atom. The Balaban J connectivity index is 0. The summed E-state index contributed by atoms with van der Waals surface area (Å²) >= 11 is 4.92. The number of carbonyl (C=O) groups is 2. The molecule has 1 unspecified atom stereocenters. The first kappa shape index (κ1) is 28.1. The van der Waals surface area contributed by atoms with E-state index in [1.165, 1.54) is 24.3 Å². The maximum atomic E-state index is 10.2. The predicted molar refractivity (Wildman–Crippen MR) is 90.4 cm³/mol. The molecule has 1 amide bonds. The molecule has 1 aromatic carbocycles. The van der Waals surface area contributed by atoms with E-state index in [4.69, 9.17) is 32.7 Å². The molecule has 1 fully saturated rings. The Morgan fingerprint density at radius 3 is 2.18 bits per heavy atom. The Morgan fingerprint density at radius 1 is 1.29 bits per heavy atom. The molecular formula is C13H16ClN4O9Y-. The fourth-order valence-corrected chi connectivity index (χ4v) is 1.89. The molecule has 2 rings (SSSR count). The van der Waals surface area contributed by atoms with E-state index in [1.54, 1.807) is 0 Å². The Hall–Kier alpha value is -2.09. The van der Waals surface area contributed by atoms with Crippen molar-refractivity contribution in [1.29, 1.82) is 0 Å². The number of carbonyl (C=O) groups excluding carboxylic acids is 2. The molecular weight excluding hydrogens is 481 g/mol. The number of benzene rings is 1. The van der Waals surface area contributed by atoms with Gasteiger partial charge in [-0.2, -0.15) is 0 Å². The number of nitrogens with one attached hydrogen (secondary N) is 2. The van der Waals surface area contributed by atoms with Crippen LogP contribution >= 0.6 is 11.6 Å². The van der Waals surface area contributed by atoms with Crippen molar-refractivity contribution in [1.82, 2.24) is 5.32 Å². The van der Waals surface area contributed by atoms with Gasteiger partial charge in [0.2, 0.25) is 6.09 Å². The van der Waals surface area contributed by atoms with E-state index < -0.39 is 21.5 Å². The number of halogens is 1. The first-order valence-electron chi connectivity index (χ1n) is 7.18. The van der Waals surface area contributed by atoms with Gasteiger partial charge in [-0.25, -0.2) is 4.79 Å². The molecule has 1 radical (unpaired) electrons. The molecule has 0 spiro atoms. The van der Waals surface area contributed by atoms with E-state index in [1.807, 2.05) is 0 Å². The Labute approximate surface area is 188 Å². The van der Waals surface area contributed by atoms with Crippen LogP contribution in [0.5, 0.6) is 5.75 Å². The van der Waals surface area contributed by atoms with Gasteiger partial charge in [-0.3, -0.25) is 14.9 Å². The summed E-state index contributed by atoms with van der Waals surface area (Å²) < 4.78 is 8.94. The van der Waals surface area contributed by atoms with Gasteiger partial charge in [-0.05, 0) is 31.5 Å². The van der Waals surface area contributed by atoms with Crippen molar-refractivity contribution in [2.45, 2.75) is 18.9 Å². The van der Waals surface area contributed by atoms with Crippen molar-refractivity contribution >= 4 is 28.8 Å². The molecule has 1 aliphatic rings. The van der Waals surface area contributed by atoms with E-state index in [0.717, 1.165) is 19.4 Å². The maximum absolute atomic E-state index is 10.2. The van der Waals surface area contributed by atoms with Crippen LogP contribution in [0.2, 0.25) is 0 Å². The van der Waals surface area contributed by atoms with Crippen LogP contribution in [0.4, 0.5) is 15.3 Å². The fraction of sp³-hybridized carbons (Fsp3) is 0.385. The summed E-state index contributed by atoms with van der Waals surface area (Å²) in [6, 6.07) is 5.30. The van der Waals surface area contributed by atoms with Crippen LogP contribution in [0.15, 0.2) is 24.3 Å². The molecule has 153 valence electrons. The zero-order valence-corrected chi connectivity index (χ0v) is 17.9. The molecule has 1 aromatic rings. The van der Waals surface area contributed by atoms with Gasteiger partial charge in [0.05, 0.1) is 4.92 Å². The molecule has 0 aliphatic carbocycles. The van der Waals surface area contributed by atoms with E-state index in [9.17, 15) is 19.7 Å². The van der Waals surface area contributed by atoms with Gasteiger partial charge in [0.1, 0.15) is 12.4 Å². The number of rotatable bonds is 4. The van der Waals surface area contributed by atoms with Crippen LogP contribution in [0.1, 0.15) is 12.8 Å². The van der Waals surface area contributed by atoms with Gasteiger partial charge in [-0.15, -0.1) is 10.1 Å². The summed E-state index contributed by atoms with van der Waals surface area (Å²) in [5, 5.41) is 27.0. The van der Waals surface area contributed by atoms with Gasteiger partial charge < -0.3 is 25.7 Å². The second-order valence-electron chi connectivity index (χ2n) is 4.72. The molecule has 15 heteroatoms. The standard InChI is InChI=1S/C7H4ClNO4.C6H12N2O2.HNO3.Y/c8-7(10)13-6-3-1-5(2-4-6)9(11)12;7-6(9)10-4-5-2-1-3-8-5;2-1(3)4;/h1-4H;5,8H,1-4H2,(H2,7,9);(H,2,3,4);/p-1. The molecule has 0 aromatic heterocycles. The van der Waals surface area contributed by atoms with Crippen molar-refractivity contribution in [2.75, 3.05) is 13.2 Å². The largest absolute Gasteiger partial charge is 0.632 e. The van der Waals surface area contributed by atoms with Crippen molar-refractivity contribution in [3.8, 4) is 5.75 Å². The molecule has 1 atom stereocenters. The number of amides is 1. The normalized spacial score (nSPS) is 14.0. The number of nitro groups is 1. The summed E-state index contributed by atoms with van der Waals surface area (Å²) in [4.78, 5) is 38.3. The third-order valence-electron chi connectivity index (χ3n) is 2.82. The van der Waals surface area contributed by atoms with Gasteiger partial charge >= 0.3 is 5.43 Å². The summed E-state index contributed by atoms with van der Waals surface area (Å²) in [5.41, 5.74) is 5.40. The molecule has 0 saturated carbocycles. The second kappa shape index (κ2) is 15.9. The third-order valence-corrected chi connectivity index (χ3v) is 2.90. The number of ether oxygens (including phenoxy) is 2. The molecule has 13 nitrogen and oxygen atoms in total. The minimum absolute atomic E-state index is 0. The minimum atomic E-state index is -1.50. The summed E-state index contributed by atoms with van der Waals surface area (Å²) in [5.74, 6) is 0.172. The van der Waals surface area contributed by atoms with Crippen LogP contribution in [0, 0.1) is 20.2 Å². The molecule has 28 heavy (non-hydrogen) atoms. The van der Waals surface area contributed by atoms with Crippen LogP contribution < -0.4 is 10.1 Å². The van der Waals surface area contributed by atoms with Crippen molar-refractivity contribution in [2.24, 2.45) is 0 Å². The van der Waals surface area contributed by atoms with E-state index in [2.05, 4.69) is 14.8 Å². The van der Waals surface area contributed by atoms with Gasteiger partial charge in [-0.1, -0.05) is 0 Å². The Kier molecular flexibility index (Phi) is 16.0. The van der Waals surface area contributed by atoms with Crippen LogP contribution in [-0.4, -0.2) is 45.9 Å². The second-order valence-corrected chi connectivity index (χ2v) is 5.03. The fourth-order valence-electron chi connectivity index (χ4n) is 1.80. The van der Waals surface area contributed by atoms with Crippen molar-refractivity contribution < 1.29 is 67.0 Å². The average molecular weight is 497 g/mol. The van der Waals surface area contributed by atoms with Crippen LogP contribution in [-0.2, 0) is 37.4 Å². The number of non-ortho nitro benzene ring substituents is 1. The smallest absolute Gasteiger partial charge is 0.409 e. The van der Waals surface area contributed by atoms with Gasteiger partial charge in [0.15, 0.2) is 0 Å². The molecule has 0 bridgehead atoms. The topological polar surface area (TPSA) is 195 Å². The summed E-state index contributed by atoms with van der Waals surface area (Å²) in [7, 11) is 0. The average Bonchev–Trinajstić information content (AvgIpc) is 3.06. The molecule has 1 aliphatic heterocycles. The predicted octanol–water partition coefficient (Wildman–Crippen LogP) is 2.91.